The summed E-state index contributed by atoms with van der Waals surface area (Å²) in [6, 6.07) is 12.8. The summed E-state index contributed by atoms with van der Waals surface area (Å²) in [5.41, 5.74) is 1.93. The summed E-state index contributed by atoms with van der Waals surface area (Å²) in [4.78, 5) is 4.22. The van der Waals surface area contributed by atoms with Crippen molar-refractivity contribution in [2.45, 2.75) is 39.4 Å². The van der Waals surface area contributed by atoms with Crippen molar-refractivity contribution in [2.24, 2.45) is 0 Å². The molecule has 2 heterocycles. The summed E-state index contributed by atoms with van der Waals surface area (Å²) in [5, 5.41) is 12.7. The molecule has 27 heavy (non-hydrogen) atoms. The van der Waals surface area contributed by atoms with E-state index in [0.29, 0.717) is 11.6 Å². The van der Waals surface area contributed by atoms with Crippen molar-refractivity contribution in [2.75, 3.05) is 0 Å². The van der Waals surface area contributed by atoms with Crippen LogP contribution in [0.15, 0.2) is 53.2 Å². The maximum atomic E-state index is 9.25. The predicted molar refractivity (Wildman–Crippen MR) is 105 cm³/mol. The molecule has 0 amide bonds. The van der Waals surface area contributed by atoms with Crippen molar-refractivity contribution in [1.29, 1.82) is 0 Å². The molecule has 0 unspecified atom stereocenters. The molecular formula is C20H23N2NaO4. The molecule has 1 atom stereocenters. The standard InChI is InChI=1S/C20H22N2O4.Na.H/c1-13(2)24-20-11-15(8-9-21-20)10-14(3)25-17-6-4-16(5-7-17)18-12-19(23)22-26-18;;/h4-9,11-14H,10H2,1-3H3,(H,22,23);;/t14-;;/m0../s1. The molecule has 3 rings (SSSR count). The minimum absolute atomic E-state index is 0. The molecule has 138 valence electrons. The van der Waals surface area contributed by atoms with Crippen molar-refractivity contribution < 1.29 is 19.1 Å². The summed E-state index contributed by atoms with van der Waals surface area (Å²) in [5.74, 6) is 1.77. The average Bonchev–Trinajstić information content (AvgIpc) is 3.01. The van der Waals surface area contributed by atoms with E-state index < -0.39 is 0 Å². The van der Waals surface area contributed by atoms with Gasteiger partial charge < -0.3 is 19.1 Å². The van der Waals surface area contributed by atoms with Crippen LogP contribution < -0.4 is 9.47 Å². The minimum atomic E-state index is -0.132. The Hall–Kier alpha value is -2.02. The fourth-order valence-electron chi connectivity index (χ4n) is 2.59. The Bertz CT molecular complexity index is 849. The zero-order valence-corrected chi connectivity index (χ0v) is 15.0. The molecule has 0 aliphatic rings. The van der Waals surface area contributed by atoms with E-state index in [2.05, 4.69) is 10.1 Å². The van der Waals surface area contributed by atoms with E-state index in [1.807, 2.05) is 57.2 Å². The first-order valence-electron chi connectivity index (χ1n) is 8.54. The van der Waals surface area contributed by atoms with Crippen molar-refractivity contribution in [3.63, 3.8) is 0 Å². The molecule has 0 saturated carbocycles. The maximum absolute atomic E-state index is 9.25. The average molecular weight is 378 g/mol. The molecule has 0 saturated heterocycles. The summed E-state index contributed by atoms with van der Waals surface area (Å²) < 4.78 is 16.6. The van der Waals surface area contributed by atoms with Gasteiger partial charge in [-0.15, -0.1) is 0 Å². The Labute approximate surface area is 180 Å². The number of aromatic nitrogens is 2. The Morgan fingerprint density at radius 3 is 2.41 bits per heavy atom. The number of benzene rings is 1. The second-order valence-electron chi connectivity index (χ2n) is 6.38. The van der Waals surface area contributed by atoms with Gasteiger partial charge in [0.25, 0.3) is 5.88 Å². The Kier molecular flexibility index (Phi) is 7.71. The predicted octanol–water partition coefficient (Wildman–Crippen LogP) is 3.59. The molecule has 0 spiro atoms. The van der Waals surface area contributed by atoms with Crippen molar-refractivity contribution in [3.8, 4) is 28.8 Å². The van der Waals surface area contributed by atoms with Gasteiger partial charge in [-0.05, 0) is 61.8 Å². The molecule has 0 aliphatic heterocycles. The molecule has 6 nitrogen and oxygen atoms in total. The second kappa shape index (κ2) is 9.78. The quantitative estimate of drug-likeness (QED) is 0.633. The van der Waals surface area contributed by atoms with Crippen LogP contribution in [0.25, 0.3) is 11.3 Å². The fourth-order valence-corrected chi connectivity index (χ4v) is 2.59. The SMILES string of the molecule is CC(C)Oc1cc(C[C@H](C)Oc2ccc(-c3cc(O)no3)cc2)ccn1.[NaH]. The molecule has 0 fully saturated rings. The zero-order valence-electron chi connectivity index (χ0n) is 15.0. The third kappa shape index (κ3) is 6.27. The number of pyridine rings is 1. The number of rotatable bonds is 7. The van der Waals surface area contributed by atoms with Crippen LogP contribution >= 0.6 is 0 Å². The van der Waals surface area contributed by atoms with Crippen LogP contribution in [0.1, 0.15) is 26.3 Å². The van der Waals surface area contributed by atoms with E-state index in [-0.39, 0.29) is 47.6 Å². The van der Waals surface area contributed by atoms with E-state index in [1.165, 1.54) is 6.07 Å². The first-order chi connectivity index (χ1) is 12.5. The van der Waals surface area contributed by atoms with Crippen LogP contribution in [-0.4, -0.2) is 57.0 Å². The number of hydrogen-bond donors (Lipinski definition) is 1. The van der Waals surface area contributed by atoms with Crippen molar-refractivity contribution >= 4 is 29.6 Å². The van der Waals surface area contributed by atoms with Gasteiger partial charge in [-0.3, -0.25) is 0 Å². The molecule has 7 heteroatoms. The Balaban J connectivity index is 0.00000261. The first kappa shape index (κ1) is 21.3. The molecule has 2 aromatic heterocycles. The van der Waals surface area contributed by atoms with E-state index in [4.69, 9.17) is 14.0 Å². The van der Waals surface area contributed by atoms with Gasteiger partial charge in [-0.1, -0.05) is 0 Å². The van der Waals surface area contributed by atoms with Crippen molar-refractivity contribution in [1.82, 2.24) is 10.1 Å². The van der Waals surface area contributed by atoms with Gasteiger partial charge in [0.2, 0.25) is 5.88 Å². The summed E-state index contributed by atoms with van der Waals surface area (Å²) in [6.07, 6.45) is 2.58. The molecule has 0 radical (unpaired) electrons. The molecule has 1 aromatic carbocycles. The number of nitrogens with zero attached hydrogens (tertiary/aromatic N) is 2. The third-order valence-corrected chi connectivity index (χ3v) is 3.65. The molecular weight excluding hydrogens is 355 g/mol. The van der Waals surface area contributed by atoms with Gasteiger partial charge in [-0.2, -0.15) is 0 Å². The summed E-state index contributed by atoms with van der Waals surface area (Å²) in [6.45, 7) is 5.97. The number of hydrogen-bond acceptors (Lipinski definition) is 6. The zero-order chi connectivity index (χ0) is 18.5. The van der Waals surface area contributed by atoms with Crippen LogP contribution in [-0.2, 0) is 6.42 Å². The molecule has 1 N–H and O–H groups in total. The Morgan fingerprint density at radius 2 is 1.78 bits per heavy atom. The van der Waals surface area contributed by atoms with E-state index >= 15 is 0 Å². The monoisotopic (exact) mass is 378 g/mol. The first-order valence-corrected chi connectivity index (χ1v) is 8.54. The van der Waals surface area contributed by atoms with E-state index in [9.17, 15) is 5.11 Å². The van der Waals surface area contributed by atoms with Crippen LogP contribution in [0.3, 0.4) is 0 Å². The number of ether oxygens (including phenoxy) is 2. The van der Waals surface area contributed by atoms with E-state index in [1.54, 1.807) is 6.20 Å². The van der Waals surface area contributed by atoms with Crippen LogP contribution in [0.4, 0.5) is 0 Å². The van der Waals surface area contributed by atoms with Gasteiger partial charge in [0.15, 0.2) is 5.76 Å². The topological polar surface area (TPSA) is 77.6 Å². The number of aromatic hydroxyl groups is 1. The van der Waals surface area contributed by atoms with Gasteiger partial charge in [-0.25, -0.2) is 4.98 Å². The summed E-state index contributed by atoms with van der Waals surface area (Å²) in [7, 11) is 0. The normalized spacial score (nSPS) is 11.7. The van der Waals surface area contributed by atoms with Crippen molar-refractivity contribution in [3.05, 3.63) is 54.2 Å². The molecule has 0 bridgehead atoms. The summed E-state index contributed by atoms with van der Waals surface area (Å²) >= 11 is 0. The van der Waals surface area contributed by atoms with Gasteiger partial charge in [0, 0.05) is 30.3 Å². The van der Waals surface area contributed by atoms with Crippen LogP contribution in [0, 0.1) is 0 Å². The fraction of sp³-hybridized carbons (Fsp3) is 0.300. The van der Waals surface area contributed by atoms with Crippen LogP contribution in [0.2, 0.25) is 0 Å². The van der Waals surface area contributed by atoms with Gasteiger partial charge in [0.1, 0.15) is 5.75 Å². The van der Waals surface area contributed by atoms with Gasteiger partial charge in [0.05, 0.1) is 12.2 Å². The second-order valence-corrected chi connectivity index (χ2v) is 6.38. The Morgan fingerprint density at radius 1 is 1.04 bits per heavy atom. The van der Waals surface area contributed by atoms with Crippen LogP contribution in [0.5, 0.6) is 17.5 Å². The molecule has 3 aromatic rings. The third-order valence-electron chi connectivity index (χ3n) is 3.65. The van der Waals surface area contributed by atoms with E-state index in [0.717, 1.165) is 23.3 Å². The molecule has 0 aliphatic carbocycles. The van der Waals surface area contributed by atoms with Gasteiger partial charge >= 0.3 is 29.6 Å².